The maximum atomic E-state index is 11.9. The fraction of sp³-hybridized carbons (Fsp3) is 0.533. The molecule has 0 aliphatic rings. The van der Waals surface area contributed by atoms with Gasteiger partial charge in [0.2, 0.25) is 0 Å². The Labute approximate surface area is 162 Å². The van der Waals surface area contributed by atoms with Gasteiger partial charge in [0.25, 0.3) is 0 Å². The maximum absolute atomic E-state index is 11.9. The lowest BCUT2D eigenvalue weighted by Crippen LogP contribution is -2.39. The molecule has 24 heavy (non-hydrogen) atoms. The van der Waals surface area contributed by atoms with Crippen molar-refractivity contribution in [2.45, 2.75) is 19.0 Å². The van der Waals surface area contributed by atoms with Crippen LogP contribution in [-0.2, 0) is 11.2 Å². The largest absolute Gasteiger partial charge is 0.411 e. The van der Waals surface area contributed by atoms with E-state index in [-0.39, 0.29) is 30.6 Å². The zero-order valence-electron chi connectivity index (χ0n) is 13.3. The van der Waals surface area contributed by atoms with E-state index in [2.05, 4.69) is 20.4 Å². The molecule has 1 aromatic carbocycles. The van der Waals surface area contributed by atoms with Crippen LogP contribution in [0.15, 0.2) is 29.3 Å². The minimum atomic E-state index is -4.27. The van der Waals surface area contributed by atoms with Gasteiger partial charge in [0.15, 0.2) is 5.96 Å². The minimum Gasteiger partial charge on any atom is -0.372 e. The van der Waals surface area contributed by atoms with E-state index in [0.29, 0.717) is 30.5 Å². The highest BCUT2D eigenvalue weighted by molar-refractivity contribution is 14.0. The molecular weight excluding hydrogens is 458 g/mol. The second-order valence-electron chi connectivity index (χ2n) is 4.82. The minimum absolute atomic E-state index is 0. The van der Waals surface area contributed by atoms with Crippen LogP contribution in [0.5, 0.6) is 0 Å². The van der Waals surface area contributed by atoms with Gasteiger partial charge in [-0.15, -0.1) is 24.0 Å². The highest BCUT2D eigenvalue weighted by atomic mass is 127. The molecule has 0 saturated heterocycles. The summed E-state index contributed by atoms with van der Waals surface area (Å²) >= 11 is 5.82. The van der Waals surface area contributed by atoms with Gasteiger partial charge < -0.3 is 15.4 Å². The molecule has 138 valence electrons. The molecule has 0 fully saturated rings. The average molecular weight is 480 g/mol. The van der Waals surface area contributed by atoms with E-state index in [9.17, 15) is 13.2 Å². The molecule has 9 heteroatoms. The highest BCUT2D eigenvalue weighted by Crippen LogP contribution is 2.14. The van der Waals surface area contributed by atoms with Crippen molar-refractivity contribution in [1.82, 2.24) is 10.6 Å². The number of ether oxygens (including phenoxy) is 1. The van der Waals surface area contributed by atoms with Crippen molar-refractivity contribution in [1.29, 1.82) is 0 Å². The molecule has 0 unspecified atom stereocenters. The van der Waals surface area contributed by atoms with Gasteiger partial charge in [-0.25, -0.2) is 0 Å². The fourth-order valence-corrected chi connectivity index (χ4v) is 1.89. The quantitative estimate of drug-likeness (QED) is 0.259. The molecular formula is C15H22ClF3IN3O. The van der Waals surface area contributed by atoms with Crippen molar-refractivity contribution in [2.75, 3.05) is 33.4 Å². The summed E-state index contributed by atoms with van der Waals surface area (Å²) in [5.74, 6) is 0.606. The first-order chi connectivity index (χ1) is 10.9. The van der Waals surface area contributed by atoms with Crippen molar-refractivity contribution in [3.63, 3.8) is 0 Å². The Kier molecular flexibility index (Phi) is 12.2. The number of rotatable bonds is 8. The third kappa shape index (κ3) is 11.7. The van der Waals surface area contributed by atoms with Gasteiger partial charge in [0.1, 0.15) is 6.61 Å². The summed E-state index contributed by atoms with van der Waals surface area (Å²) in [4.78, 5) is 4.04. The lowest BCUT2D eigenvalue weighted by molar-refractivity contribution is -0.173. The molecule has 1 aromatic rings. The number of nitrogens with zero attached hydrogens (tertiary/aromatic N) is 1. The van der Waals surface area contributed by atoms with Crippen molar-refractivity contribution in [3.05, 3.63) is 34.9 Å². The van der Waals surface area contributed by atoms with Crippen molar-refractivity contribution >= 4 is 41.5 Å². The standard InChI is InChI=1S/C15H21ClF3N3O.HI/c1-20-14(21-8-2-10-23-11-15(17,18)19)22-9-7-12-3-5-13(16)6-4-12;/h3-6H,2,7-11H2,1H3,(H2,20,21,22);1H. The number of alkyl halides is 3. The second kappa shape index (κ2) is 12.6. The van der Waals surface area contributed by atoms with Crippen LogP contribution in [0.1, 0.15) is 12.0 Å². The first-order valence-corrected chi connectivity index (χ1v) is 7.62. The van der Waals surface area contributed by atoms with Crippen LogP contribution >= 0.6 is 35.6 Å². The molecule has 0 saturated carbocycles. The van der Waals surface area contributed by atoms with Crippen LogP contribution in [0, 0.1) is 0 Å². The molecule has 0 aliphatic heterocycles. The Bertz CT molecular complexity index is 484. The van der Waals surface area contributed by atoms with Crippen molar-refractivity contribution < 1.29 is 17.9 Å². The number of halogens is 5. The predicted octanol–water partition coefficient (Wildman–Crippen LogP) is 3.63. The second-order valence-corrected chi connectivity index (χ2v) is 5.26. The molecule has 0 heterocycles. The van der Waals surface area contributed by atoms with Crippen LogP contribution in [0.2, 0.25) is 5.02 Å². The fourth-order valence-electron chi connectivity index (χ4n) is 1.77. The van der Waals surface area contributed by atoms with Gasteiger partial charge in [0.05, 0.1) is 0 Å². The summed E-state index contributed by atoms with van der Waals surface area (Å²) in [7, 11) is 1.64. The van der Waals surface area contributed by atoms with Gasteiger partial charge in [0, 0.05) is 31.8 Å². The van der Waals surface area contributed by atoms with E-state index in [1.54, 1.807) is 7.05 Å². The highest BCUT2D eigenvalue weighted by Gasteiger charge is 2.27. The Balaban J connectivity index is 0.00000529. The lowest BCUT2D eigenvalue weighted by atomic mass is 10.1. The van der Waals surface area contributed by atoms with E-state index in [1.165, 1.54) is 0 Å². The Morgan fingerprint density at radius 3 is 2.38 bits per heavy atom. The number of nitrogens with one attached hydrogen (secondary N) is 2. The monoisotopic (exact) mass is 479 g/mol. The van der Waals surface area contributed by atoms with Gasteiger partial charge in [-0.1, -0.05) is 23.7 Å². The normalized spacial score (nSPS) is 11.8. The molecule has 0 amide bonds. The number of aliphatic imine (C=N–C) groups is 1. The summed E-state index contributed by atoms with van der Waals surface area (Å²) in [6.07, 6.45) is -2.99. The molecule has 0 spiro atoms. The van der Waals surface area contributed by atoms with Crippen LogP contribution in [0.25, 0.3) is 0 Å². The number of hydrogen-bond acceptors (Lipinski definition) is 2. The van der Waals surface area contributed by atoms with E-state index in [1.807, 2.05) is 24.3 Å². The van der Waals surface area contributed by atoms with Gasteiger partial charge in [-0.05, 0) is 30.5 Å². The molecule has 0 aliphatic carbocycles. The topological polar surface area (TPSA) is 45.7 Å². The molecule has 4 nitrogen and oxygen atoms in total. The summed E-state index contributed by atoms with van der Waals surface area (Å²) < 4.78 is 40.1. The van der Waals surface area contributed by atoms with Gasteiger partial charge in [-0.3, -0.25) is 4.99 Å². The summed E-state index contributed by atoms with van der Waals surface area (Å²) in [6, 6.07) is 7.59. The Morgan fingerprint density at radius 1 is 1.17 bits per heavy atom. The predicted molar refractivity (Wildman–Crippen MR) is 101 cm³/mol. The summed E-state index contributed by atoms with van der Waals surface area (Å²) in [5.41, 5.74) is 1.15. The van der Waals surface area contributed by atoms with Crippen LogP contribution < -0.4 is 10.6 Å². The van der Waals surface area contributed by atoms with Crippen LogP contribution in [-0.4, -0.2) is 45.5 Å². The summed E-state index contributed by atoms with van der Waals surface area (Å²) in [5, 5.41) is 6.85. The van der Waals surface area contributed by atoms with Crippen LogP contribution in [0.4, 0.5) is 13.2 Å². The maximum Gasteiger partial charge on any atom is 0.411 e. The molecule has 0 radical (unpaired) electrons. The van der Waals surface area contributed by atoms with E-state index in [4.69, 9.17) is 11.6 Å². The first kappa shape index (κ1) is 23.3. The lowest BCUT2D eigenvalue weighted by Gasteiger charge is -2.12. The third-order valence-electron chi connectivity index (χ3n) is 2.87. The van der Waals surface area contributed by atoms with E-state index >= 15 is 0 Å². The number of benzene rings is 1. The third-order valence-corrected chi connectivity index (χ3v) is 3.12. The van der Waals surface area contributed by atoms with Crippen LogP contribution in [0.3, 0.4) is 0 Å². The molecule has 0 aromatic heterocycles. The number of guanidine groups is 1. The zero-order chi connectivity index (χ0) is 17.1. The van der Waals surface area contributed by atoms with E-state index in [0.717, 1.165) is 12.0 Å². The van der Waals surface area contributed by atoms with Crippen molar-refractivity contribution in [2.24, 2.45) is 4.99 Å². The molecule has 1 rings (SSSR count). The average Bonchev–Trinajstić information content (AvgIpc) is 2.49. The number of hydrogen-bond donors (Lipinski definition) is 2. The smallest absolute Gasteiger partial charge is 0.372 e. The first-order valence-electron chi connectivity index (χ1n) is 7.24. The molecule has 0 atom stereocenters. The van der Waals surface area contributed by atoms with Gasteiger partial charge >= 0.3 is 6.18 Å². The molecule has 2 N–H and O–H groups in total. The summed E-state index contributed by atoms with van der Waals surface area (Å²) in [6.45, 7) is 0.0136. The molecule has 0 bridgehead atoms. The van der Waals surface area contributed by atoms with E-state index < -0.39 is 12.8 Å². The Morgan fingerprint density at radius 2 is 1.79 bits per heavy atom. The van der Waals surface area contributed by atoms with Crippen molar-refractivity contribution in [3.8, 4) is 0 Å². The zero-order valence-corrected chi connectivity index (χ0v) is 16.4. The SMILES string of the molecule is CN=C(NCCCOCC(F)(F)F)NCCc1ccc(Cl)cc1.I. The van der Waals surface area contributed by atoms with Gasteiger partial charge in [-0.2, -0.15) is 13.2 Å². The Hall–Kier alpha value is -0.740.